The van der Waals surface area contributed by atoms with Gasteiger partial charge in [-0.05, 0) is 31.0 Å². The average molecular weight is 249 g/mol. The Morgan fingerprint density at radius 1 is 1.20 bits per heavy atom. The number of anilines is 1. The standard InChI is InChI=1S/C11H16N2.2ClH/c12-8-10-6-7-13(9-10)11-4-2-1-3-5-11;;/h1-5,10H,6-9,12H2;2*1H. The number of benzene rings is 1. The molecule has 1 unspecified atom stereocenters. The Balaban J connectivity index is 0.000000980. The minimum absolute atomic E-state index is 0. The van der Waals surface area contributed by atoms with Crippen LogP contribution in [0.25, 0.3) is 0 Å². The van der Waals surface area contributed by atoms with Crippen molar-refractivity contribution >= 4 is 30.5 Å². The van der Waals surface area contributed by atoms with Crippen LogP contribution in [0.15, 0.2) is 30.3 Å². The van der Waals surface area contributed by atoms with Crippen LogP contribution in [0.3, 0.4) is 0 Å². The number of nitrogens with two attached hydrogens (primary N) is 1. The largest absolute Gasteiger partial charge is 0.371 e. The van der Waals surface area contributed by atoms with Crippen molar-refractivity contribution in [3.63, 3.8) is 0 Å². The summed E-state index contributed by atoms with van der Waals surface area (Å²) in [4.78, 5) is 2.41. The fourth-order valence-electron chi connectivity index (χ4n) is 1.90. The Kier molecular flexibility index (Phi) is 6.73. The highest BCUT2D eigenvalue weighted by molar-refractivity contribution is 5.85. The summed E-state index contributed by atoms with van der Waals surface area (Å²) < 4.78 is 0. The van der Waals surface area contributed by atoms with Crippen LogP contribution in [-0.4, -0.2) is 19.6 Å². The minimum atomic E-state index is 0. The third-order valence-corrected chi connectivity index (χ3v) is 2.74. The van der Waals surface area contributed by atoms with Gasteiger partial charge in [-0.1, -0.05) is 18.2 Å². The number of hydrogen-bond acceptors (Lipinski definition) is 2. The van der Waals surface area contributed by atoms with Gasteiger partial charge in [0, 0.05) is 18.8 Å². The van der Waals surface area contributed by atoms with Crippen LogP contribution in [0.2, 0.25) is 0 Å². The molecule has 2 N–H and O–H groups in total. The second kappa shape index (κ2) is 6.94. The smallest absolute Gasteiger partial charge is 0.0366 e. The molecule has 2 nitrogen and oxygen atoms in total. The summed E-state index contributed by atoms with van der Waals surface area (Å²) in [6.07, 6.45) is 1.24. The Morgan fingerprint density at radius 2 is 1.87 bits per heavy atom. The molecule has 1 heterocycles. The van der Waals surface area contributed by atoms with Crippen molar-refractivity contribution < 1.29 is 0 Å². The van der Waals surface area contributed by atoms with Crippen molar-refractivity contribution in [1.82, 2.24) is 0 Å². The van der Waals surface area contributed by atoms with Crippen LogP contribution in [0.1, 0.15) is 6.42 Å². The molecule has 0 bridgehead atoms. The number of para-hydroxylation sites is 1. The van der Waals surface area contributed by atoms with E-state index in [1.807, 2.05) is 0 Å². The molecule has 1 fully saturated rings. The van der Waals surface area contributed by atoms with E-state index in [9.17, 15) is 0 Å². The highest BCUT2D eigenvalue weighted by Gasteiger charge is 2.20. The van der Waals surface area contributed by atoms with E-state index < -0.39 is 0 Å². The van der Waals surface area contributed by atoms with Crippen molar-refractivity contribution in [2.75, 3.05) is 24.5 Å². The van der Waals surface area contributed by atoms with Gasteiger partial charge in [0.2, 0.25) is 0 Å². The van der Waals surface area contributed by atoms with E-state index in [4.69, 9.17) is 5.73 Å². The summed E-state index contributed by atoms with van der Waals surface area (Å²) in [5.41, 5.74) is 6.98. The van der Waals surface area contributed by atoms with Gasteiger partial charge in [-0.25, -0.2) is 0 Å². The van der Waals surface area contributed by atoms with Crippen LogP contribution < -0.4 is 10.6 Å². The molecule has 0 saturated carbocycles. The lowest BCUT2D eigenvalue weighted by Gasteiger charge is -2.17. The van der Waals surface area contributed by atoms with Gasteiger partial charge in [0.1, 0.15) is 0 Å². The summed E-state index contributed by atoms with van der Waals surface area (Å²) in [6.45, 7) is 3.11. The Morgan fingerprint density at radius 3 is 2.40 bits per heavy atom. The minimum Gasteiger partial charge on any atom is -0.371 e. The summed E-state index contributed by atoms with van der Waals surface area (Å²) >= 11 is 0. The molecule has 86 valence electrons. The second-order valence-corrected chi connectivity index (χ2v) is 3.67. The fraction of sp³-hybridized carbons (Fsp3) is 0.455. The molecule has 2 rings (SSSR count). The molecule has 1 atom stereocenters. The maximum Gasteiger partial charge on any atom is 0.0366 e. The Labute approximate surface area is 104 Å². The zero-order valence-corrected chi connectivity index (χ0v) is 10.3. The monoisotopic (exact) mass is 248 g/mol. The highest BCUT2D eigenvalue weighted by Crippen LogP contribution is 2.22. The van der Waals surface area contributed by atoms with Gasteiger partial charge in [0.25, 0.3) is 0 Å². The molecule has 1 aliphatic rings. The van der Waals surface area contributed by atoms with E-state index in [1.165, 1.54) is 12.1 Å². The van der Waals surface area contributed by atoms with Gasteiger partial charge in [0.15, 0.2) is 0 Å². The maximum atomic E-state index is 5.65. The molecule has 1 saturated heterocycles. The first-order chi connectivity index (χ1) is 6.40. The molecule has 1 aliphatic heterocycles. The zero-order chi connectivity index (χ0) is 9.10. The van der Waals surface area contributed by atoms with Crippen molar-refractivity contribution in [2.24, 2.45) is 11.7 Å². The first-order valence-corrected chi connectivity index (χ1v) is 4.90. The van der Waals surface area contributed by atoms with E-state index in [0.29, 0.717) is 5.92 Å². The lowest BCUT2D eigenvalue weighted by atomic mass is 10.1. The topological polar surface area (TPSA) is 29.3 Å². The van der Waals surface area contributed by atoms with Crippen molar-refractivity contribution in [2.45, 2.75) is 6.42 Å². The van der Waals surface area contributed by atoms with E-state index >= 15 is 0 Å². The molecule has 0 aromatic heterocycles. The summed E-state index contributed by atoms with van der Waals surface area (Å²) in [5.74, 6) is 0.695. The van der Waals surface area contributed by atoms with E-state index in [2.05, 4.69) is 35.2 Å². The number of halogens is 2. The second-order valence-electron chi connectivity index (χ2n) is 3.67. The normalized spacial score (nSPS) is 19.3. The Bertz CT molecular complexity index is 267. The van der Waals surface area contributed by atoms with Gasteiger partial charge < -0.3 is 10.6 Å². The van der Waals surface area contributed by atoms with Crippen molar-refractivity contribution in [1.29, 1.82) is 0 Å². The molecular weight excluding hydrogens is 231 g/mol. The molecule has 4 heteroatoms. The van der Waals surface area contributed by atoms with E-state index in [-0.39, 0.29) is 24.8 Å². The summed E-state index contributed by atoms with van der Waals surface area (Å²) in [7, 11) is 0. The molecule has 0 aliphatic carbocycles. The Hall–Kier alpha value is -0.440. The van der Waals surface area contributed by atoms with Crippen molar-refractivity contribution in [3.05, 3.63) is 30.3 Å². The first kappa shape index (κ1) is 14.6. The predicted molar refractivity (Wildman–Crippen MR) is 70.3 cm³/mol. The average Bonchev–Trinajstić information content (AvgIpc) is 2.67. The summed E-state index contributed by atoms with van der Waals surface area (Å²) in [6, 6.07) is 10.6. The molecular formula is C11H18Cl2N2. The molecule has 0 radical (unpaired) electrons. The lowest BCUT2D eigenvalue weighted by Crippen LogP contribution is -2.22. The van der Waals surface area contributed by atoms with Crippen LogP contribution in [-0.2, 0) is 0 Å². The number of rotatable bonds is 2. The molecule has 0 spiro atoms. The van der Waals surface area contributed by atoms with Gasteiger partial charge in [-0.2, -0.15) is 0 Å². The van der Waals surface area contributed by atoms with E-state index in [0.717, 1.165) is 19.6 Å². The van der Waals surface area contributed by atoms with Crippen LogP contribution >= 0.6 is 24.8 Å². The predicted octanol–water partition coefficient (Wildman–Crippen LogP) is 2.32. The van der Waals surface area contributed by atoms with Crippen molar-refractivity contribution in [3.8, 4) is 0 Å². The fourth-order valence-corrected chi connectivity index (χ4v) is 1.90. The first-order valence-electron chi connectivity index (χ1n) is 4.90. The molecule has 1 aromatic carbocycles. The van der Waals surface area contributed by atoms with Crippen LogP contribution in [0, 0.1) is 5.92 Å². The maximum absolute atomic E-state index is 5.65. The SMILES string of the molecule is Cl.Cl.NCC1CCN(c2ccccc2)C1. The van der Waals surface area contributed by atoms with Gasteiger partial charge in [-0.15, -0.1) is 24.8 Å². The highest BCUT2D eigenvalue weighted by atomic mass is 35.5. The number of nitrogens with zero attached hydrogens (tertiary/aromatic N) is 1. The van der Waals surface area contributed by atoms with Crippen LogP contribution in [0.5, 0.6) is 0 Å². The zero-order valence-electron chi connectivity index (χ0n) is 8.63. The van der Waals surface area contributed by atoms with Crippen LogP contribution in [0.4, 0.5) is 5.69 Å². The van der Waals surface area contributed by atoms with E-state index in [1.54, 1.807) is 0 Å². The van der Waals surface area contributed by atoms with Gasteiger partial charge in [0.05, 0.1) is 0 Å². The van der Waals surface area contributed by atoms with Gasteiger partial charge >= 0.3 is 0 Å². The third kappa shape index (κ3) is 3.56. The molecule has 1 aromatic rings. The number of hydrogen-bond donors (Lipinski definition) is 1. The molecule has 0 amide bonds. The quantitative estimate of drug-likeness (QED) is 0.871. The summed E-state index contributed by atoms with van der Waals surface area (Å²) in [5, 5.41) is 0. The van der Waals surface area contributed by atoms with Gasteiger partial charge in [-0.3, -0.25) is 0 Å². The third-order valence-electron chi connectivity index (χ3n) is 2.74. The lowest BCUT2D eigenvalue weighted by molar-refractivity contribution is 0.602. The molecule has 15 heavy (non-hydrogen) atoms.